The Bertz CT molecular complexity index is 428. The third-order valence-corrected chi connectivity index (χ3v) is 5.34. The SMILES string of the molecule is CNC(=O)C1(C(=O)N2CCN([C@H]3CCC[C@@H]3O)CC2)CC1. The molecule has 0 bridgehead atoms. The van der Waals surface area contributed by atoms with Crippen LogP contribution >= 0.6 is 0 Å². The van der Waals surface area contributed by atoms with Crippen molar-refractivity contribution in [1.29, 1.82) is 0 Å². The van der Waals surface area contributed by atoms with Crippen LogP contribution in [0, 0.1) is 5.41 Å². The molecule has 0 aromatic heterocycles. The summed E-state index contributed by atoms with van der Waals surface area (Å²) < 4.78 is 0. The van der Waals surface area contributed by atoms with Gasteiger partial charge >= 0.3 is 0 Å². The van der Waals surface area contributed by atoms with E-state index in [0.717, 1.165) is 32.4 Å². The lowest BCUT2D eigenvalue weighted by Gasteiger charge is -2.40. The second-order valence-electron chi connectivity index (χ2n) is 6.55. The smallest absolute Gasteiger partial charge is 0.238 e. The molecule has 6 heteroatoms. The zero-order valence-electron chi connectivity index (χ0n) is 12.7. The molecule has 2 N–H and O–H groups in total. The maximum Gasteiger partial charge on any atom is 0.238 e. The number of aliphatic hydroxyl groups is 1. The molecule has 2 atom stereocenters. The first-order valence-corrected chi connectivity index (χ1v) is 8.02. The fraction of sp³-hybridized carbons (Fsp3) is 0.867. The van der Waals surface area contributed by atoms with Crippen molar-refractivity contribution in [3.05, 3.63) is 0 Å². The largest absolute Gasteiger partial charge is 0.391 e. The molecular formula is C15H25N3O3. The minimum atomic E-state index is -0.774. The Morgan fingerprint density at radius 3 is 2.29 bits per heavy atom. The number of hydrogen-bond acceptors (Lipinski definition) is 4. The number of piperazine rings is 1. The zero-order chi connectivity index (χ0) is 15.0. The van der Waals surface area contributed by atoms with Gasteiger partial charge in [-0.15, -0.1) is 0 Å². The predicted octanol–water partition coefficient (Wildman–Crippen LogP) is -0.430. The molecule has 2 amide bonds. The average Bonchev–Trinajstić information content (AvgIpc) is 3.22. The highest BCUT2D eigenvalue weighted by Gasteiger charge is 2.57. The van der Waals surface area contributed by atoms with Gasteiger partial charge in [0.1, 0.15) is 5.41 Å². The van der Waals surface area contributed by atoms with E-state index in [2.05, 4.69) is 10.2 Å². The van der Waals surface area contributed by atoms with Crippen LogP contribution in [0.1, 0.15) is 32.1 Å². The van der Waals surface area contributed by atoms with Crippen LogP contribution in [0.25, 0.3) is 0 Å². The standard InChI is InChI=1S/C15H25N3O3/c1-16-13(20)15(5-6-15)14(21)18-9-7-17(8-10-18)11-3-2-4-12(11)19/h11-12,19H,2-10H2,1H3,(H,16,20)/t11-,12-/m0/s1. The van der Waals surface area contributed by atoms with Crippen LogP contribution in [0.15, 0.2) is 0 Å². The average molecular weight is 295 g/mol. The number of amides is 2. The summed E-state index contributed by atoms with van der Waals surface area (Å²) in [6.07, 6.45) is 4.17. The Balaban J connectivity index is 1.56. The summed E-state index contributed by atoms with van der Waals surface area (Å²) in [5, 5.41) is 12.6. The number of nitrogens with one attached hydrogen (secondary N) is 1. The van der Waals surface area contributed by atoms with Gasteiger partial charge in [-0.05, 0) is 32.1 Å². The van der Waals surface area contributed by atoms with Gasteiger partial charge in [-0.3, -0.25) is 14.5 Å². The normalized spacial score (nSPS) is 32.0. The second kappa shape index (κ2) is 5.57. The van der Waals surface area contributed by atoms with Crippen molar-refractivity contribution in [2.24, 2.45) is 5.41 Å². The van der Waals surface area contributed by atoms with Crippen molar-refractivity contribution in [1.82, 2.24) is 15.1 Å². The van der Waals surface area contributed by atoms with E-state index in [9.17, 15) is 14.7 Å². The van der Waals surface area contributed by atoms with E-state index in [1.165, 1.54) is 0 Å². The predicted molar refractivity (Wildman–Crippen MR) is 77.5 cm³/mol. The van der Waals surface area contributed by atoms with Gasteiger partial charge in [0, 0.05) is 39.3 Å². The lowest BCUT2D eigenvalue weighted by Crippen LogP contribution is -2.56. The summed E-state index contributed by atoms with van der Waals surface area (Å²) in [5.74, 6) is -0.144. The first-order valence-electron chi connectivity index (χ1n) is 8.02. The first-order chi connectivity index (χ1) is 10.1. The molecule has 1 heterocycles. The summed E-state index contributed by atoms with van der Waals surface area (Å²) in [4.78, 5) is 28.6. The van der Waals surface area contributed by atoms with Crippen LogP contribution in [0.4, 0.5) is 0 Å². The Labute approximate surface area is 125 Å². The van der Waals surface area contributed by atoms with Gasteiger partial charge in [0.25, 0.3) is 0 Å². The van der Waals surface area contributed by atoms with Crippen molar-refractivity contribution in [3.8, 4) is 0 Å². The molecule has 3 rings (SSSR count). The molecule has 0 unspecified atom stereocenters. The van der Waals surface area contributed by atoms with E-state index < -0.39 is 5.41 Å². The van der Waals surface area contributed by atoms with Crippen LogP contribution in [0.2, 0.25) is 0 Å². The summed E-state index contributed by atoms with van der Waals surface area (Å²) in [6, 6.07) is 0.260. The van der Waals surface area contributed by atoms with Gasteiger partial charge in [0.05, 0.1) is 6.10 Å². The molecule has 2 aliphatic carbocycles. The molecule has 3 aliphatic rings. The number of aliphatic hydroxyl groups excluding tert-OH is 1. The van der Waals surface area contributed by atoms with Crippen molar-refractivity contribution in [3.63, 3.8) is 0 Å². The van der Waals surface area contributed by atoms with Gasteiger partial charge in [0.15, 0.2) is 0 Å². The Hall–Kier alpha value is -1.14. The monoisotopic (exact) mass is 295 g/mol. The van der Waals surface area contributed by atoms with Gasteiger partial charge in [-0.2, -0.15) is 0 Å². The van der Waals surface area contributed by atoms with E-state index in [0.29, 0.717) is 25.9 Å². The Morgan fingerprint density at radius 2 is 1.81 bits per heavy atom. The number of carbonyl (C=O) groups excluding carboxylic acids is 2. The fourth-order valence-corrected chi connectivity index (χ4v) is 3.81. The summed E-state index contributed by atoms with van der Waals surface area (Å²) in [6.45, 7) is 2.94. The van der Waals surface area contributed by atoms with Crippen molar-refractivity contribution < 1.29 is 14.7 Å². The highest BCUT2D eigenvalue weighted by molar-refractivity contribution is 6.07. The van der Waals surface area contributed by atoms with E-state index in [1.807, 2.05) is 4.90 Å². The molecule has 1 saturated heterocycles. The Kier molecular flexibility index (Phi) is 3.92. The Morgan fingerprint density at radius 1 is 1.14 bits per heavy atom. The third-order valence-electron chi connectivity index (χ3n) is 5.34. The maximum absolute atomic E-state index is 12.6. The molecule has 0 radical (unpaired) electrons. The second-order valence-corrected chi connectivity index (χ2v) is 6.55. The molecule has 0 aromatic rings. The summed E-state index contributed by atoms with van der Waals surface area (Å²) >= 11 is 0. The molecule has 3 fully saturated rings. The van der Waals surface area contributed by atoms with Crippen LogP contribution in [-0.2, 0) is 9.59 Å². The van der Waals surface area contributed by atoms with Crippen LogP contribution in [0.5, 0.6) is 0 Å². The van der Waals surface area contributed by atoms with E-state index in [4.69, 9.17) is 0 Å². The van der Waals surface area contributed by atoms with Crippen LogP contribution in [0.3, 0.4) is 0 Å². The van der Waals surface area contributed by atoms with Gasteiger partial charge in [-0.1, -0.05) is 0 Å². The molecule has 1 aliphatic heterocycles. The van der Waals surface area contributed by atoms with E-state index in [-0.39, 0.29) is 24.0 Å². The summed E-state index contributed by atoms with van der Waals surface area (Å²) in [5.41, 5.74) is -0.774. The molecule has 6 nitrogen and oxygen atoms in total. The summed E-state index contributed by atoms with van der Waals surface area (Å²) in [7, 11) is 1.59. The topological polar surface area (TPSA) is 72.9 Å². The molecule has 21 heavy (non-hydrogen) atoms. The highest BCUT2D eigenvalue weighted by Crippen LogP contribution is 2.47. The quantitative estimate of drug-likeness (QED) is 0.693. The van der Waals surface area contributed by atoms with Crippen molar-refractivity contribution in [2.75, 3.05) is 33.2 Å². The number of carbonyl (C=O) groups is 2. The van der Waals surface area contributed by atoms with Gasteiger partial charge in [0.2, 0.25) is 11.8 Å². The molecule has 0 aromatic carbocycles. The zero-order valence-corrected chi connectivity index (χ0v) is 12.7. The molecular weight excluding hydrogens is 270 g/mol. The van der Waals surface area contributed by atoms with Gasteiger partial charge in [-0.25, -0.2) is 0 Å². The van der Waals surface area contributed by atoms with Crippen LogP contribution < -0.4 is 5.32 Å². The van der Waals surface area contributed by atoms with E-state index >= 15 is 0 Å². The minimum absolute atomic E-state index is 0.00605. The maximum atomic E-state index is 12.6. The van der Waals surface area contributed by atoms with E-state index in [1.54, 1.807) is 7.05 Å². The third kappa shape index (κ3) is 2.55. The van der Waals surface area contributed by atoms with Crippen molar-refractivity contribution in [2.45, 2.75) is 44.2 Å². The van der Waals surface area contributed by atoms with Crippen molar-refractivity contribution >= 4 is 11.8 Å². The lowest BCUT2D eigenvalue weighted by molar-refractivity contribution is -0.145. The minimum Gasteiger partial charge on any atom is -0.391 e. The highest BCUT2D eigenvalue weighted by atomic mass is 16.3. The van der Waals surface area contributed by atoms with Gasteiger partial charge < -0.3 is 15.3 Å². The fourth-order valence-electron chi connectivity index (χ4n) is 3.81. The first kappa shape index (κ1) is 14.8. The van der Waals surface area contributed by atoms with Crippen LogP contribution in [-0.4, -0.2) is 72.1 Å². The number of rotatable bonds is 3. The molecule has 2 saturated carbocycles. The molecule has 0 spiro atoms. The lowest BCUT2D eigenvalue weighted by atomic mass is 10.0. The molecule has 118 valence electrons. The number of nitrogens with zero attached hydrogens (tertiary/aromatic N) is 2. The number of hydrogen-bond donors (Lipinski definition) is 2.